The van der Waals surface area contributed by atoms with Crippen molar-refractivity contribution in [3.63, 3.8) is 0 Å². The quantitative estimate of drug-likeness (QED) is 0.599. The minimum Gasteiger partial charge on any atom is -0.392 e. The average Bonchev–Trinajstić information content (AvgIpc) is 2.06. The highest BCUT2D eigenvalue weighted by Crippen LogP contribution is 2.62. The van der Waals surface area contributed by atoms with Crippen molar-refractivity contribution in [3.8, 4) is 0 Å². The van der Waals surface area contributed by atoms with E-state index in [1.807, 2.05) is 6.92 Å². The van der Waals surface area contributed by atoms with Gasteiger partial charge in [0.05, 0.1) is 12.2 Å². The van der Waals surface area contributed by atoms with E-state index >= 15 is 0 Å². The molecule has 0 aromatic carbocycles. The Balaban J connectivity index is 2.27. The summed E-state index contributed by atoms with van der Waals surface area (Å²) >= 11 is 0. The normalized spacial score (nSPS) is 53.8. The number of fused-ring (bicyclic) bond motifs is 1. The smallest absolute Gasteiger partial charge is 0.0624 e. The molecule has 2 nitrogen and oxygen atoms in total. The molecule has 0 amide bonds. The van der Waals surface area contributed by atoms with Crippen molar-refractivity contribution < 1.29 is 10.2 Å². The van der Waals surface area contributed by atoms with Gasteiger partial charge in [-0.15, -0.1) is 0 Å². The maximum absolute atomic E-state index is 9.90. The first kappa shape index (κ1) is 9.47. The Morgan fingerprint density at radius 2 is 1.69 bits per heavy atom. The molecular weight excluding hydrogens is 164 g/mol. The maximum Gasteiger partial charge on any atom is 0.0624 e. The van der Waals surface area contributed by atoms with Crippen molar-refractivity contribution in [2.45, 2.75) is 52.2 Å². The molecule has 4 atom stereocenters. The van der Waals surface area contributed by atoms with Gasteiger partial charge in [0.1, 0.15) is 0 Å². The lowest BCUT2D eigenvalue weighted by molar-refractivity contribution is -0.232. The molecule has 0 bridgehead atoms. The SMILES string of the molecule is CC1(C)CC[C@H](O)[C@]2(C)C1C[C@@H]2O. The lowest BCUT2D eigenvalue weighted by atomic mass is 9.44. The Bertz CT molecular complexity index is 224. The number of aliphatic hydroxyl groups is 2. The first-order chi connectivity index (χ1) is 5.89. The summed E-state index contributed by atoms with van der Waals surface area (Å²) in [4.78, 5) is 0. The molecule has 2 saturated carbocycles. The Morgan fingerprint density at radius 3 is 2.15 bits per heavy atom. The van der Waals surface area contributed by atoms with Crippen LogP contribution in [0.15, 0.2) is 0 Å². The number of hydrogen-bond donors (Lipinski definition) is 2. The lowest BCUT2D eigenvalue weighted by Crippen LogP contribution is -2.64. The molecule has 2 rings (SSSR count). The van der Waals surface area contributed by atoms with Crippen molar-refractivity contribution >= 4 is 0 Å². The first-order valence-corrected chi connectivity index (χ1v) is 5.25. The monoisotopic (exact) mass is 184 g/mol. The van der Waals surface area contributed by atoms with Crippen molar-refractivity contribution in [2.24, 2.45) is 16.7 Å². The minimum absolute atomic E-state index is 0.220. The summed E-state index contributed by atoms with van der Waals surface area (Å²) in [6, 6.07) is 0. The van der Waals surface area contributed by atoms with Gasteiger partial charge in [0.15, 0.2) is 0 Å². The molecule has 2 N–H and O–H groups in total. The molecule has 0 aromatic heterocycles. The van der Waals surface area contributed by atoms with Crippen molar-refractivity contribution in [2.75, 3.05) is 0 Å². The van der Waals surface area contributed by atoms with Crippen LogP contribution in [-0.2, 0) is 0 Å². The topological polar surface area (TPSA) is 40.5 Å². The summed E-state index contributed by atoms with van der Waals surface area (Å²) in [6.07, 6.45) is 2.22. The van der Waals surface area contributed by atoms with Gasteiger partial charge in [-0.1, -0.05) is 20.8 Å². The van der Waals surface area contributed by atoms with Gasteiger partial charge in [0, 0.05) is 5.41 Å². The Labute approximate surface area is 80.0 Å². The van der Waals surface area contributed by atoms with Gasteiger partial charge in [0.2, 0.25) is 0 Å². The second kappa shape index (κ2) is 2.48. The summed E-state index contributed by atoms with van der Waals surface area (Å²) in [5.74, 6) is 0.499. The summed E-state index contributed by atoms with van der Waals surface area (Å²) in [7, 11) is 0. The van der Waals surface area contributed by atoms with E-state index in [0.717, 1.165) is 19.3 Å². The van der Waals surface area contributed by atoms with Crippen LogP contribution in [0.25, 0.3) is 0 Å². The van der Waals surface area contributed by atoms with E-state index in [-0.39, 0.29) is 17.6 Å². The second-order valence-electron chi connectivity index (χ2n) is 5.71. The summed E-state index contributed by atoms with van der Waals surface area (Å²) < 4.78 is 0. The van der Waals surface area contributed by atoms with Gasteiger partial charge in [-0.05, 0) is 30.6 Å². The highest BCUT2D eigenvalue weighted by Gasteiger charge is 2.62. The fourth-order valence-electron chi connectivity index (χ4n) is 3.41. The third-order valence-corrected chi connectivity index (χ3v) is 4.65. The number of rotatable bonds is 0. The van der Waals surface area contributed by atoms with Crippen LogP contribution in [0.1, 0.15) is 40.0 Å². The average molecular weight is 184 g/mol. The van der Waals surface area contributed by atoms with Crippen molar-refractivity contribution in [1.82, 2.24) is 0 Å². The highest BCUT2D eigenvalue weighted by molar-refractivity contribution is 5.11. The zero-order valence-electron chi connectivity index (χ0n) is 8.75. The molecule has 0 aliphatic heterocycles. The van der Waals surface area contributed by atoms with E-state index in [4.69, 9.17) is 0 Å². The van der Waals surface area contributed by atoms with Crippen LogP contribution < -0.4 is 0 Å². The van der Waals surface area contributed by atoms with E-state index in [1.54, 1.807) is 0 Å². The molecule has 2 fully saturated rings. The van der Waals surface area contributed by atoms with Crippen LogP contribution in [0.3, 0.4) is 0 Å². The molecule has 0 saturated heterocycles. The van der Waals surface area contributed by atoms with E-state index in [9.17, 15) is 10.2 Å². The predicted molar refractivity (Wildman–Crippen MR) is 51.2 cm³/mol. The molecule has 1 unspecified atom stereocenters. The molecular formula is C11H20O2. The molecule has 0 radical (unpaired) electrons. The van der Waals surface area contributed by atoms with Gasteiger partial charge in [-0.2, -0.15) is 0 Å². The van der Waals surface area contributed by atoms with Crippen molar-refractivity contribution in [1.29, 1.82) is 0 Å². The molecule has 2 heteroatoms. The molecule has 0 aromatic rings. The van der Waals surface area contributed by atoms with Crippen LogP contribution in [-0.4, -0.2) is 22.4 Å². The number of aliphatic hydroxyl groups excluding tert-OH is 2. The molecule has 2 aliphatic rings. The molecule has 0 spiro atoms. The van der Waals surface area contributed by atoms with Crippen LogP contribution in [0.4, 0.5) is 0 Å². The van der Waals surface area contributed by atoms with Crippen LogP contribution >= 0.6 is 0 Å². The largest absolute Gasteiger partial charge is 0.392 e. The second-order valence-corrected chi connectivity index (χ2v) is 5.71. The van der Waals surface area contributed by atoms with E-state index in [1.165, 1.54) is 0 Å². The van der Waals surface area contributed by atoms with Gasteiger partial charge >= 0.3 is 0 Å². The highest BCUT2D eigenvalue weighted by atomic mass is 16.3. The molecule has 2 aliphatic carbocycles. The Kier molecular flexibility index (Phi) is 1.81. The standard InChI is InChI=1S/C11H20O2/c1-10(2)5-4-8(12)11(3)7(10)6-9(11)13/h7-9,12-13H,4-6H2,1-3H3/t7?,8-,9-,11-/m0/s1. The van der Waals surface area contributed by atoms with E-state index < -0.39 is 0 Å². The summed E-state index contributed by atoms with van der Waals surface area (Å²) in [5, 5.41) is 19.6. The zero-order valence-corrected chi connectivity index (χ0v) is 8.75. The van der Waals surface area contributed by atoms with Crippen LogP contribution in [0, 0.1) is 16.7 Å². The van der Waals surface area contributed by atoms with Gasteiger partial charge in [-0.3, -0.25) is 0 Å². The molecule has 76 valence electrons. The summed E-state index contributed by atoms with van der Waals surface area (Å²) in [6.45, 7) is 6.55. The lowest BCUT2D eigenvalue weighted by Gasteiger charge is -2.63. The third-order valence-electron chi connectivity index (χ3n) is 4.65. The third kappa shape index (κ3) is 1.02. The fraction of sp³-hybridized carbons (Fsp3) is 1.00. The Morgan fingerprint density at radius 1 is 1.08 bits per heavy atom. The Hall–Kier alpha value is -0.0800. The minimum atomic E-state index is -0.297. The van der Waals surface area contributed by atoms with E-state index in [0.29, 0.717) is 11.3 Å². The van der Waals surface area contributed by atoms with Gasteiger partial charge < -0.3 is 10.2 Å². The van der Waals surface area contributed by atoms with E-state index in [2.05, 4.69) is 13.8 Å². The van der Waals surface area contributed by atoms with Gasteiger partial charge in [0.25, 0.3) is 0 Å². The first-order valence-electron chi connectivity index (χ1n) is 5.25. The van der Waals surface area contributed by atoms with Crippen LogP contribution in [0.2, 0.25) is 0 Å². The zero-order chi connectivity index (χ0) is 9.85. The maximum atomic E-state index is 9.90. The fourth-order valence-corrected chi connectivity index (χ4v) is 3.41. The van der Waals surface area contributed by atoms with Crippen LogP contribution in [0.5, 0.6) is 0 Å². The molecule has 13 heavy (non-hydrogen) atoms. The molecule has 0 heterocycles. The van der Waals surface area contributed by atoms with Crippen molar-refractivity contribution in [3.05, 3.63) is 0 Å². The van der Waals surface area contributed by atoms with Gasteiger partial charge in [-0.25, -0.2) is 0 Å². The summed E-state index contributed by atoms with van der Waals surface area (Å²) in [5.41, 5.74) is 0.0783. The predicted octanol–water partition coefficient (Wildman–Crippen LogP) is 1.55. The number of hydrogen-bond acceptors (Lipinski definition) is 2.